The lowest BCUT2D eigenvalue weighted by atomic mass is 9.86. The van der Waals surface area contributed by atoms with Crippen LogP contribution in [-0.4, -0.2) is 93.5 Å². The number of hydrogen-bond donors (Lipinski definition) is 1. The first-order valence-electron chi connectivity index (χ1n) is 11.0. The van der Waals surface area contributed by atoms with Gasteiger partial charge in [-0.1, -0.05) is 35.5 Å². The quantitative estimate of drug-likeness (QED) is 0.755. The van der Waals surface area contributed by atoms with Gasteiger partial charge in [-0.25, -0.2) is 0 Å². The smallest absolute Gasteiger partial charge is 0.259 e. The molecule has 0 radical (unpaired) electrons. The summed E-state index contributed by atoms with van der Waals surface area (Å²) < 4.78 is 11.2. The van der Waals surface area contributed by atoms with Gasteiger partial charge in [-0.3, -0.25) is 4.79 Å². The second-order valence-corrected chi connectivity index (χ2v) is 8.78. The molecule has 168 valence electrons. The minimum Gasteiger partial charge on any atom is -0.378 e. The van der Waals surface area contributed by atoms with Crippen molar-refractivity contribution in [1.82, 2.24) is 20.3 Å². The van der Waals surface area contributed by atoms with Crippen LogP contribution in [-0.2, 0) is 4.74 Å². The fraction of sp³-hybridized carbons (Fsp3) is 0.565. The number of amides is 1. The van der Waals surface area contributed by atoms with Gasteiger partial charge in [0.15, 0.2) is 11.6 Å². The third-order valence-corrected chi connectivity index (χ3v) is 6.69. The molecule has 2 aliphatic heterocycles. The van der Waals surface area contributed by atoms with E-state index < -0.39 is 0 Å². The third-order valence-electron chi connectivity index (χ3n) is 6.69. The van der Waals surface area contributed by atoms with Gasteiger partial charge in [0.1, 0.15) is 5.56 Å². The van der Waals surface area contributed by atoms with Gasteiger partial charge in [-0.05, 0) is 47.1 Å². The van der Waals surface area contributed by atoms with Crippen molar-refractivity contribution in [3.63, 3.8) is 0 Å². The molecule has 2 saturated heterocycles. The highest BCUT2D eigenvalue weighted by Crippen LogP contribution is 2.32. The maximum atomic E-state index is 13.5. The lowest BCUT2D eigenvalue weighted by Crippen LogP contribution is -2.58. The van der Waals surface area contributed by atoms with Crippen LogP contribution >= 0.6 is 0 Å². The number of nitrogens with zero attached hydrogens (tertiary/aromatic N) is 4. The maximum absolute atomic E-state index is 13.5. The Morgan fingerprint density at radius 3 is 2.45 bits per heavy atom. The number of rotatable bonds is 6. The Balaban J connectivity index is 1.60. The molecule has 2 fully saturated rings. The Morgan fingerprint density at radius 1 is 1.13 bits per heavy atom. The fourth-order valence-corrected chi connectivity index (χ4v) is 4.41. The summed E-state index contributed by atoms with van der Waals surface area (Å²) in [6, 6.07) is 9.71. The Kier molecular flexibility index (Phi) is 6.60. The van der Waals surface area contributed by atoms with Crippen molar-refractivity contribution >= 4 is 11.7 Å². The first-order chi connectivity index (χ1) is 15.0. The van der Waals surface area contributed by atoms with Crippen molar-refractivity contribution in [2.75, 3.05) is 72.0 Å². The molecule has 1 N–H and O–H groups in total. The summed E-state index contributed by atoms with van der Waals surface area (Å²) in [4.78, 5) is 20.2. The molecular weight excluding hydrogens is 394 g/mol. The number of carbonyl (C=O) groups excluding carboxylic acids is 1. The molecule has 1 aromatic heterocycles. The van der Waals surface area contributed by atoms with E-state index in [9.17, 15) is 4.79 Å². The van der Waals surface area contributed by atoms with Gasteiger partial charge < -0.3 is 29.3 Å². The second kappa shape index (κ2) is 9.38. The molecule has 3 heterocycles. The van der Waals surface area contributed by atoms with Gasteiger partial charge in [0, 0.05) is 30.7 Å². The van der Waals surface area contributed by atoms with E-state index in [1.807, 2.05) is 30.3 Å². The number of ether oxygens (including phenoxy) is 1. The molecule has 4 rings (SSSR count). The number of nitrogens with one attached hydrogen (secondary N) is 1. The number of likely N-dealkylation sites (N-methyl/N-ethyl adjacent to an activating group) is 1. The van der Waals surface area contributed by atoms with Crippen LogP contribution in [0.25, 0.3) is 11.3 Å². The van der Waals surface area contributed by atoms with E-state index in [4.69, 9.17) is 9.26 Å². The van der Waals surface area contributed by atoms with E-state index in [0.29, 0.717) is 50.0 Å². The van der Waals surface area contributed by atoms with E-state index >= 15 is 0 Å². The van der Waals surface area contributed by atoms with Gasteiger partial charge in [0.25, 0.3) is 5.91 Å². The molecule has 8 nitrogen and oxygen atoms in total. The summed E-state index contributed by atoms with van der Waals surface area (Å²) in [6.07, 6.45) is 2.03. The van der Waals surface area contributed by atoms with E-state index in [1.165, 1.54) is 0 Å². The maximum Gasteiger partial charge on any atom is 0.259 e. The van der Waals surface area contributed by atoms with Crippen molar-refractivity contribution in [2.45, 2.75) is 18.4 Å². The van der Waals surface area contributed by atoms with Gasteiger partial charge in [0.2, 0.25) is 0 Å². The number of piperidine rings is 1. The van der Waals surface area contributed by atoms with Crippen LogP contribution in [0, 0.1) is 0 Å². The molecule has 0 atom stereocenters. The molecule has 0 unspecified atom stereocenters. The summed E-state index contributed by atoms with van der Waals surface area (Å²) in [5.74, 6) is 0.977. The number of carbonyl (C=O) groups is 1. The minimum atomic E-state index is -0.137. The van der Waals surface area contributed by atoms with E-state index in [1.54, 1.807) is 0 Å². The van der Waals surface area contributed by atoms with Crippen molar-refractivity contribution < 1.29 is 14.1 Å². The van der Waals surface area contributed by atoms with E-state index in [-0.39, 0.29) is 11.4 Å². The molecule has 0 aliphatic carbocycles. The number of hydrogen-bond acceptors (Lipinski definition) is 7. The molecular formula is C23H33N5O3. The highest BCUT2D eigenvalue weighted by atomic mass is 16.5. The number of aromatic nitrogens is 1. The molecule has 2 aromatic rings. The van der Waals surface area contributed by atoms with Crippen molar-refractivity contribution in [3.8, 4) is 11.3 Å². The molecule has 2 aliphatic rings. The van der Waals surface area contributed by atoms with Crippen molar-refractivity contribution in [1.29, 1.82) is 0 Å². The molecule has 1 aromatic carbocycles. The van der Waals surface area contributed by atoms with Crippen molar-refractivity contribution in [2.24, 2.45) is 0 Å². The van der Waals surface area contributed by atoms with Gasteiger partial charge in [0.05, 0.1) is 13.2 Å². The fourth-order valence-electron chi connectivity index (χ4n) is 4.41. The standard InChI is InChI=1S/C23H33N5O3/c1-26(2)23(9-11-27(3)12-10-23)17-24-22(29)19-20(18-7-5-4-6-8-18)31-25-21(19)28-13-15-30-16-14-28/h4-8H,9-17H2,1-3H3,(H,24,29). The summed E-state index contributed by atoms with van der Waals surface area (Å²) in [5, 5.41) is 7.54. The molecule has 8 heteroatoms. The Bertz CT molecular complexity index is 869. The molecule has 0 saturated carbocycles. The van der Waals surface area contributed by atoms with Gasteiger partial charge >= 0.3 is 0 Å². The molecule has 1 amide bonds. The van der Waals surface area contributed by atoms with Crippen LogP contribution in [0.1, 0.15) is 23.2 Å². The lowest BCUT2D eigenvalue weighted by molar-refractivity contribution is 0.0612. The van der Waals surface area contributed by atoms with Crippen LogP contribution in [0.4, 0.5) is 5.82 Å². The summed E-state index contributed by atoms with van der Waals surface area (Å²) >= 11 is 0. The van der Waals surface area contributed by atoms with E-state index in [2.05, 4.69) is 46.3 Å². The average Bonchev–Trinajstić information content (AvgIpc) is 3.25. The third kappa shape index (κ3) is 4.61. The highest BCUT2D eigenvalue weighted by molar-refractivity contribution is 6.04. The van der Waals surface area contributed by atoms with Crippen LogP contribution in [0.3, 0.4) is 0 Å². The van der Waals surface area contributed by atoms with Crippen LogP contribution in [0.15, 0.2) is 34.9 Å². The topological polar surface area (TPSA) is 74.1 Å². The Morgan fingerprint density at radius 2 is 1.81 bits per heavy atom. The molecule has 0 bridgehead atoms. The Labute approximate surface area is 184 Å². The predicted octanol–water partition coefficient (Wildman–Crippen LogP) is 1.93. The zero-order valence-electron chi connectivity index (χ0n) is 18.8. The predicted molar refractivity (Wildman–Crippen MR) is 120 cm³/mol. The Hall–Kier alpha value is -2.42. The normalized spacial score (nSPS) is 19.5. The van der Waals surface area contributed by atoms with Crippen LogP contribution < -0.4 is 10.2 Å². The first-order valence-corrected chi connectivity index (χ1v) is 11.0. The lowest BCUT2D eigenvalue weighted by Gasteiger charge is -2.45. The van der Waals surface area contributed by atoms with Crippen LogP contribution in [0.5, 0.6) is 0 Å². The average molecular weight is 428 g/mol. The second-order valence-electron chi connectivity index (χ2n) is 8.78. The number of anilines is 1. The molecule has 0 spiro atoms. The number of likely N-dealkylation sites (tertiary alicyclic amines) is 1. The number of morpholine rings is 1. The zero-order chi connectivity index (χ0) is 21.8. The molecule has 31 heavy (non-hydrogen) atoms. The van der Waals surface area contributed by atoms with E-state index in [0.717, 1.165) is 31.5 Å². The monoisotopic (exact) mass is 427 g/mol. The summed E-state index contributed by atoms with van der Waals surface area (Å²) in [5.41, 5.74) is 1.31. The zero-order valence-corrected chi connectivity index (χ0v) is 18.8. The number of benzene rings is 1. The SMILES string of the molecule is CN1CCC(CNC(=O)c2c(N3CCOCC3)noc2-c2ccccc2)(N(C)C)CC1. The van der Waals surface area contributed by atoms with Gasteiger partial charge in [-0.15, -0.1) is 0 Å². The summed E-state index contributed by atoms with van der Waals surface area (Å²) in [6.45, 7) is 5.25. The van der Waals surface area contributed by atoms with Crippen LogP contribution in [0.2, 0.25) is 0 Å². The summed E-state index contributed by atoms with van der Waals surface area (Å²) in [7, 11) is 6.35. The van der Waals surface area contributed by atoms with Crippen molar-refractivity contribution in [3.05, 3.63) is 35.9 Å². The first kappa shape index (κ1) is 21.8. The highest BCUT2D eigenvalue weighted by Gasteiger charge is 2.37. The van der Waals surface area contributed by atoms with Gasteiger partial charge in [-0.2, -0.15) is 0 Å². The largest absolute Gasteiger partial charge is 0.378 e. The minimum absolute atomic E-state index is 0.0502.